The Bertz CT molecular complexity index is 525. The maximum atomic E-state index is 10.4. The monoisotopic (exact) mass is 268 g/mol. The van der Waals surface area contributed by atoms with Crippen LogP contribution < -0.4 is 0 Å². The molecule has 0 saturated heterocycles. The topological polar surface area (TPSA) is 66.0 Å². The first-order valence-corrected chi connectivity index (χ1v) is 6.17. The molecular weight excluding hydrogens is 260 g/mol. The van der Waals surface area contributed by atoms with E-state index in [1.807, 2.05) is 12.1 Å². The standard InChI is InChI=1S/C11H9ClN2O2S/c12-8-3-1-7(2-4-8)9-5-13-11(14-9)17-6-10(15)16/h1-5H,6H2,(H,13,14)(H,15,16). The predicted octanol–water partition coefficient (Wildman–Crippen LogP) is 2.91. The van der Waals surface area contributed by atoms with Gasteiger partial charge in [0.15, 0.2) is 5.16 Å². The molecule has 0 bridgehead atoms. The summed E-state index contributed by atoms with van der Waals surface area (Å²) in [4.78, 5) is 17.6. The smallest absolute Gasteiger partial charge is 0.313 e. The lowest BCUT2D eigenvalue weighted by Gasteiger charge is -1.97. The highest BCUT2D eigenvalue weighted by atomic mass is 35.5. The van der Waals surface area contributed by atoms with Crippen molar-refractivity contribution < 1.29 is 9.90 Å². The number of benzene rings is 1. The maximum Gasteiger partial charge on any atom is 0.313 e. The zero-order chi connectivity index (χ0) is 12.3. The molecule has 1 heterocycles. The first-order valence-electron chi connectivity index (χ1n) is 4.80. The first-order chi connectivity index (χ1) is 8.15. The van der Waals surface area contributed by atoms with Crippen LogP contribution in [0.25, 0.3) is 11.3 Å². The van der Waals surface area contributed by atoms with E-state index >= 15 is 0 Å². The molecule has 2 aromatic rings. The van der Waals surface area contributed by atoms with Gasteiger partial charge in [-0.3, -0.25) is 4.79 Å². The largest absolute Gasteiger partial charge is 0.481 e. The molecule has 1 aromatic carbocycles. The van der Waals surface area contributed by atoms with E-state index in [0.29, 0.717) is 10.2 Å². The lowest BCUT2D eigenvalue weighted by atomic mass is 10.2. The number of aliphatic carboxylic acids is 1. The molecular formula is C11H9ClN2O2S. The summed E-state index contributed by atoms with van der Waals surface area (Å²) < 4.78 is 0. The number of hydrogen-bond acceptors (Lipinski definition) is 3. The Kier molecular flexibility index (Phi) is 3.71. The summed E-state index contributed by atoms with van der Waals surface area (Å²) in [5.74, 6) is -0.868. The van der Waals surface area contributed by atoms with Gasteiger partial charge in [-0.1, -0.05) is 35.5 Å². The molecule has 4 nitrogen and oxygen atoms in total. The molecule has 2 N–H and O–H groups in total. The fraction of sp³-hybridized carbons (Fsp3) is 0.0909. The Balaban J connectivity index is 2.12. The molecule has 88 valence electrons. The second kappa shape index (κ2) is 5.25. The van der Waals surface area contributed by atoms with Crippen LogP contribution in [0.2, 0.25) is 5.02 Å². The van der Waals surface area contributed by atoms with Crippen molar-refractivity contribution in [3.8, 4) is 11.3 Å². The molecule has 0 amide bonds. The highest BCUT2D eigenvalue weighted by Gasteiger charge is 2.05. The Morgan fingerprint density at radius 1 is 1.41 bits per heavy atom. The quantitative estimate of drug-likeness (QED) is 0.837. The van der Waals surface area contributed by atoms with Crippen molar-refractivity contribution in [1.82, 2.24) is 9.97 Å². The van der Waals surface area contributed by atoms with Crippen molar-refractivity contribution in [1.29, 1.82) is 0 Å². The number of nitrogens with one attached hydrogen (secondary N) is 1. The van der Waals surface area contributed by atoms with Gasteiger partial charge in [-0.15, -0.1) is 0 Å². The average molecular weight is 269 g/mol. The summed E-state index contributed by atoms with van der Waals surface area (Å²) in [5.41, 5.74) is 1.80. The van der Waals surface area contributed by atoms with E-state index in [2.05, 4.69) is 9.97 Å². The van der Waals surface area contributed by atoms with Crippen LogP contribution >= 0.6 is 23.4 Å². The van der Waals surface area contributed by atoms with Crippen LogP contribution in [0.1, 0.15) is 0 Å². The molecule has 0 saturated carbocycles. The molecule has 0 spiro atoms. The minimum absolute atomic E-state index is 0.00638. The van der Waals surface area contributed by atoms with Gasteiger partial charge in [-0.2, -0.15) is 0 Å². The van der Waals surface area contributed by atoms with Gasteiger partial charge in [0.2, 0.25) is 0 Å². The number of imidazole rings is 1. The minimum Gasteiger partial charge on any atom is -0.481 e. The zero-order valence-corrected chi connectivity index (χ0v) is 10.3. The minimum atomic E-state index is -0.862. The molecule has 6 heteroatoms. The van der Waals surface area contributed by atoms with Crippen molar-refractivity contribution in [2.45, 2.75) is 5.16 Å². The van der Waals surface area contributed by atoms with Crippen LogP contribution in [0.3, 0.4) is 0 Å². The first kappa shape index (κ1) is 12.0. The zero-order valence-electron chi connectivity index (χ0n) is 8.68. The SMILES string of the molecule is O=C(O)CSc1ncc(-c2ccc(Cl)cc2)[nH]1. The third-order valence-corrected chi connectivity index (χ3v) is 3.16. The Labute approximate surface area is 107 Å². The van der Waals surface area contributed by atoms with E-state index < -0.39 is 5.97 Å². The molecule has 0 atom stereocenters. The number of carbonyl (C=O) groups is 1. The number of H-pyrrole nitrogens is 1. The number of carboxylic acid groups (broad SMARTS) is 1. The molecule has 2 rings (SSSR count). The number of hydrogen-bond donors (Lipinski definition) is 2. The molecule has 0 unspecified atom stereocenters. The molecule has 17 heavy (non-hydrogen) atoms. The fourth-order valence-electron chi connectivity index (χ4n) is 1.28. The number of rotatable bonds is 4. The highest BCUT2D eigenvalue weighted by molar-refractivity contribution is 7.99. The average Bonchev–Trinajstić information content (AvgIpc) is 2.76. The number of aromatic amines is 1. The third kappa shape index (κ3) is 3.25. The van der Waals surface area contributed by atoms with Gasteiger partial charge in [0, 0.05) is 5.02 Å². The summed E-state index contributed by atoms with van der Waals surface area (Å²) in [7, 11) is 0. The van der Waals surface area contributed by atoms with E-state index in [-0.39, 0.29) is 5.75 Å². The van der Waals surface area contributed by atoms with E-state index in [0.717, 1.165) is 23.0 Å². The van der Waals surface area contributed by atoms with Gasteiger partial charge < -0.3 is 10.1 Å². The molecule has 0 aliphatic heterocycles. The summed E-state index contributed by atoms with van der Waals surface area (Å²) in [6, 6.07) is 7.34. The van der Waals surface area contributed by atoms with Crippen LogP contribution in [-0.4, -0.2) is 26.8 Å². The molecule has 1 aromatic heterocycles. The number of halogens is 1. The molecule has 0 aliphatic carbocycles. The Morgan fingerprint density at radius 2 is 2.12 bits per heavy atom. The van der Waals surface area contributed by atoms with Crippen LogP contribution in [0.5, 0.6) is 0 Å². The summed E-state index contributed by atoms with van der Waals surface area (Å²) >= 11 is 6.95. The highest BCUT2D eigenvalue weighted by Crippen LogP contribution is 2.22. The van der Waals surface area contributed by atoms with Crippen molar-refractivity contribution in [2.24, 2.45) is 0 Å². The summed E-state index contributed by atoms with van der Waals surface area (Å²) in [6.07, 6.45) is 1.67. The van der Waals surface area contributed by atoms with Gasteiger partial charge in [-0.25, -0.2) is 4.98 Å². The van der Waals surface area contributed by atoms with E-state index in [4.69, 9.17) is 16.7 Å². The van der Waals surface area contributed by atoms with Crippen LogP contribution in [0.15, 0.2) is 35.6 Å². The Hall–Kier alpha value is -1.46. The van der Waals surface area contributed by atoms with Crippen molar-refractivity contribution in [3.05, 3.63) is 35.5 Å². The van der Waals surface area contributed by atoms with Gasteiger partial charge in [0.1, 0.15) is 0 Å². The molecule has 0 aliphatic rings. The summed E-state index contributed by atoms with van der Waals surface area (Å²) in [5, 5.41) is 9.82. The van der Waals surface area contributed by atoms with E-state index in [1.165, 1.54) is 0 Å². The van der Waals surface area contributed by atoms with Gasteiger partial charge in [0.05, 0.1) is 17.6 Å². The van der Waals surface area contributed by atoms with Crippen molar-refractivity contribution >= 4 is 29.3 Å². The summed E-state index contributed by atoms with van der Waals surface area (Å²) in [6.45, 7) is 0. The van der Waals surface area contributed by atoms with Crippen LogP contribution in [0, 0.1) is 0 Å². The number of thioether (sulfide) groups is 1. The van der Waals surface area contributed by atoms with E-state index in [9.17, 15) is 4.79 Å². The normalized spacial score (nSPS) is 10.4. The second-order valence-corrected chi connectivity index (χ2v) is 4.69. The lowest BCUT2D eigenvalue weighted by molar-refractivity contribution is -0.133. The third-order valence-electron chi connectivity index (χ3n) is 2.04. The molecule has 0 radical (unpaired) electrons. The van der Waals surface area contributed by atoms with Gasteiger partial charge in [0.25, 0.3) is 0 Å². The predicted molar refractivity (Wildman–Crippen MR) is 67.4 cm³/mol. The van der Waals surface area contributed by atoms with Gasteiger partial charge >= 0.3 is 5.97 Å². The number of nitrogens with zero attached hydrogens (tertiary/aromatic N) is 1. The van der Waals surface area contributed by atoms with E-state index in [1.54, 1.807) is 18.3 Å². The number of aromatic nitrogens is 2. The fourth-order valence-corrected chi connectivity index (χ4v) is 1.98. The lowest BCUT2D eigenvalue weighted by Crippen LogP contribution is -1.97. The maximum absolute atomic E-state index is 10.4. The van der Waals surface area contributed by atoms with Crippen molar-refractivity contribution in [3.63, 3.8) is 0 Å². The Morgan fingerprint density at radius 3 is 2.76 bits per heavy atom. The molecule has 0 fully saturated rings. The van der Waals surface area contributed by atoms with Crippen molar-refractivity contribution in [2.75, 3.05) is 5.75 Å². The van der Waals surface area contributed by atoms with Gasteiger partial charge in [-0.05, 0) is 17.7 Å². The number of carboxylic acids is 1. The second-order valence-electron chi connectivity index (χ2n) is 3.29. The van der Waals surface area contributed by atoms with Crippen LogP contribution in [0.4, 0.5) is 0 Å². The van der Waals surface area contributed by atoms with Crippen LogP contribution in [-0.2, 0) is 4.79 Å².